The summed E-state index contributed by atoms with van der Waals surface area (Å²) in [6.07, 6.45) is 6.62. The van der Waals surface area contributed by atoms with Crippen LogP contribution in [0.1, 0.15) is 52.6 Å². The quantitative estimate of drug-likeness (QED) is 0.833. The first-order chi connectivity index (χ1) is 11.2. The minimum absolute atomic E-state index is 0.0148. The van der Waals surface area contributed by atoms with Gasteiger partial charge in [0, 0.05) is 17.8 Å². The van der Waals surface area contributed by atoms with Crippen LogP contribution in [-0.2, 0) is 9.47 Å². The third-order valence-corrected chi connectivity index (χ3v) is 4.30. The number of carbonyl (C=O) groups is 1. The van der Waals surface area contributed by atoms with Gasteiger partial charge < -0.3 is 9.47 Å². The fraction of sp³-hybridized carbons (Fsp3) is 0.667. The zero-order chi connectivity index (χ0) is 17.5. The molecule has 0 aliphatic carbocycles. The van der Waals surface area contributed by atoms with Gasteiger partial charge in [-0.05, 0) is 46.6 Å². The maximum absolute atomic E-state index is 12.6. The van der Waals surface area contributed by atoms with E-state index >= 15 is 0 Å². The predicted molar refractivity (Wildman–Crippen MR) is 91.7 cm³/mol. The van der Waals surface area contributed by atoms with Crippen molar-refractivity contribution in [1.82, 2.24) is 14.7 Å². The third kappa shape index (κ3) is 3.48. The molecule has 2 atom stereocenters. The summed E-state index contributed by atoms with van der Waals surface area (Å²) in [5.74, 6) is 0. The first-order valence-electron chi connectivity index (χ1n) is 8.59. The number of ether oxygens (including phenoxy) is 2. The van der Waals surface area contributed by atoms with Gasteiger partial charge in [0.2, 0.25) is 0 Å². The highest BCUT2D eigenvalue weighted by Crippen LogP contribution is 2.33. The second-order valence-corrected chi connectivity index (χ2v) is 7.85. The number of morpholine rings is 1. The van der Waals surface area contributed by atoms with E-state index in [-0.39, 0.29) is 18.2 Å². The van der Waals surface area contributed by atoms with Crippen molar-refractivity contribution in [2.24, 2.45) is 0 Å². The fourth-order valence-electron chi connectivity index (χ4n) is 3.20. The second-order valence-electron chi connectivity index (χ2n) is 7.85. The topological polar surface area (TPSA) is 56.6 Å². The molecule has 1 amide bonds. The molecule has 24 heavy (non-hydrogen) atoms. The van der Waals surface area contributed by atoms with Crippen molar-refractivity contribution in [2.75, 3.05) is 13.2 Å². The highest BCUT2D eigenvalue weighted by molar-refractivity contribution is 5.74. The number of amides is 1. The molecule has 1 aromatic heterocycles. The zero-order valence-electron chi connectivity index (χ0n) is 15.2. The largest absolute Gasteiger partial charge is 0.444 e. The summed E-state index contributed by atoms with van der Waals surface area (Å²) >= 11 is 0. The summed E-state index contributed by atoms with van der Waals surface area (Å²) < 4.78 is 13.2. The highest BCUT2D eigenvalue weighted by atomic mass is 16.6. The second kappa shape index (κ2) is 6.24. The van der Waals surface area contributed by atoms with Crippen LogP contribution >= 0.6 is 0 Å². The summed E-state index contributed by atoms with van der Waals surface area (Å²) in [6.45, 7) is 11.0. The minimum Gasteiger partial charge on any atom is -0.444 e. The van der Waals surface area contributed by atoms with Crippen molar-refractivity contribution in [3.8, 4) is 0 Å². The summed E-state index contributed by atoms with van der Waals surface area (Å²) in [6, 6.07) is 0.273. The molecule has 0 spiro atoms. The Labute approximate surface area is 143 Å². The molecule has 0 aromatic carbocycles. The van der Waals surface area contributed by atoms with Crippen molar-refractivity contribution in [3.05, 3.63) is 24.0 Å². The van der Waals surface area contributed by atoms with Crippen LogP contribution < -0.4 is 0 Å². The molecular formula is C18H27N3O3. The molecule has 2 unspecified atom stereocenters. The molecule has 0 saturated carbocycles. The van der Waals surface area contributed by atoms with Gasteiger partial charge in [-0.1, -0.05) is 6.08 Å². The Kier molecular flexibility index (Phi) is 4.42. The fourth-order valence-corrected chi connectivity index (χ4v) is 3.20. The molecule has 3 rings (SSSR count). The van der Waals surface area contributed by atoms with Crippen LogP contribution in [-0.4, -0.2) is 51.7 Å². The Bertz CT molecular complexity index is 642. The van der Waals surface area contributed by atoms with Gasteiger partial charge in [-0.2, -0.15) is 5.10 Å². The lowest BCUT2D eigenvalue weighted by Gasteiger charge is -2.44. The molecule has 2 aliphatic heterocycles. The lowest BCUT2D eigenvalue weighted by atomic mass is 9.91. The normalized spacial score (nSPS) is 24.1. The standard InChI is InChI=1S/C18H27N3O3/c1-12(2)20-9-14(8-19-20)13-6-15-10-23-11-16(7-13)21(15)17(22)24-18(3,4)5/h6,8-9,12,15-16H,7,10-11H2,1-5H3. The Morgan fingerprint density at radius 2 is 2.12 bits per heavy atom. The smallest absolute Gasteiger partial charge is 0.411 e. The van der Waals surface area contributed by atoms with E-state index < -0.39 is 5.60 Å². The SMILES string of the molecule is CC(C)n1cc(C2=CC3COCC(C2)N3C(=O)OC(C)(C)C)cn1. The van der Waals surface area contributed by atoms with E-state index in [1.165, 1.54) is 5.57 Å². The van der Waals surface area contributed by atoms with E-state index in [2.05, 4.69) is 31.2 Å². The van der Waals surface area contributed by atoms with Crippen LogP contribution in [0.25, 0.3) is 5.57 Å². The average molecular weight is 333 g/mol. The Hall–Kier alpha value is -1.82. The maximum atomic E-state index is 12.6. The van der Waals surface area contributed by atoms with E-state index in [0.717, 1.165) is 12.0 Å². The molecule has 132 valence electrons. The van der Waals surface area contributed by atoms with E-state index in [0.29, 0.717) is 19.3 Å². The van der Waals surface area contributed by atoms with Crippen LogP contribution in [0.5, 0.6) is 0 Å². The van der Waals surface area contributed by atoms with Gasteiger partial charge in [-0.15, -0.1) is 0 Å². The summed E-state index contributed by atoms with van der Waals surface area (Å²) in [4.78, 5) is 14.4. The molecule has 2 bridgehead atoms. The van der Waals surface area contributed by atoms with E-state index in [1.807, 2.05) is 36.5 Å². The van der Waals surface area contributed by atoms with Gasteiger partial charge in [0.1, 0.15) is 5.60 Å². The van der Waals surface area contributed by atoms with Crippen LogP contribution in [0.15, 0.2) is 18.5 Å². The minimum atomic E-state index is -0.491. The van der Waals surface area contributed by atoms with Crippen LogP contribution in [0.4, 0.5) is 4.79 Å². The lowest BCUT2D eigenvalue weighted by molar-refractivity contribution is -0.0510. The number of rotatable bonds is 2. The predicted octanol–water partition coefficient (Wildman–Crippen LogP) is 3.26. The maximum Gasteiger partial charge on any atom is 0.411 e. The zero-order valence-corrected chi connectivity index (χ0v) is 15.2. The molecular weight excluding hydrogens is 306 g/mol. The van der Waals surface area contributed by atoms with Crippen LogP contribution in [0, 0.1) is 0 Å². The van der Waals surface area contributed by atoms with E-state index in [1.54, 1.807) is 0 Å². The third-order valence-electron chi connectivity index (χ3n) is 4.30. The van der Waals surface area contributed by atoms with E-state index in [9.17, 15) is 4.79 Å². The molecule has 3 heterocycles. The summed E-state index contributed by atoms with van der Waals surface area (Å²) in [7, 11) is 0. The van der Waals surface area contributed by atoms with Crippen molar-refractivity contribution in [3.63, 3.8) is 0 Å². The van der Waals surface area contributed by atoms with Gasteiger partial charge in [0.15, 0.2) is 0 Å². The molecule has 1 saturated heterocycles. The Morgan fingerprint density at radius 3 is 2.71 bits per heavy atom. The van der Waals surface area contributed by atoms with Crippen molar-refractivity contribution in [2.45, 2.75) is 64.8 Å². The van der Waals surface area contributed by atoms with E-state index in [4.69, 9.17) is 9.47 Å². The Balaban J connectivity index is 1.83. The molecule has 0 radical (unpaired) electrons. The molecule has 2 aliphatic rings. The van der Waals surface area contributed by atoms with Crippen LogP contribution in [0.3, 0.4) is 0 Å². The highest BCUT2D eigenvalue weighted by Gasteiger charge is 2.40. The van der Waals surface area contributed by atoms with Gasteiger partial charge >= 0.3 is 6.09 Å². The number of carbonyl (C=O) groups excluding carboxylic acids is 1. The number of fused-ring (bicyclic) bond motifs is 2. The van der Waals surface area contributed by atoms with Crippen molar-refractivity contribution >= 4 is 11.7 Å². The van der Waals surface area contributed by atoms with Gasteiger partial charge in [0.05, 0.1) is 31.5 Å². The monoisotopic (exact) mass is 333 g/mol. The Morgan fingerprint density at radius 1 is 1.38 bits per heavy atom. The summed E-state index contributed by atoms with van der Waals surface area (Å²) in [5, 5.41) is 4.43. The van der Waals surface area contributed by atoms with Crippen LogP contribution in [0.2, 0.25) is 0 Å². The lowest BCUT2D eigenvalue weighted by Crippen LogP contribution is -2.57. The number of aromatic nitrogens is 2. The van der Waals surface area contributed by atoms with Gasteiger partial charge in [-0.3, -0.25) is 9.58 Å². The van der Waals surface area contributed by atoms with Gasteiger partial charge in [-0.25, -0.2) is 4.79 Å². The molecule has 6 heteroatoms. The number of hydrogen-bond acceptors (Lipinski definition) is 4. The number of nitrogens with zero attached hydrogens (tertiary/aromatic N) is 3. The first kappa shape index (κ1) is 17.0. The molecule has 0 N–H and O–H groups in total. The van der Waals surface area contributed by atoms with Gasteiger partial charge in [0.25, 0.3) is 0 Å². The molecule has 6 nitrogen and oxygen atoms in total. The average Bonchev–Trinajstić information content (AvgIpc) is 2.93. The van der Waals surface area contributed by atoms with Crippen molar-refractivity contribution in [1.29, 1.82) is 0 Å². The molecule has 1 aromatic rings. The molecule has 1 fully saturated rings. The number of hydrogen-bond donors (Lipinski definition) is 0. The van der Waals surface area contributed by atoms with Crippen molar-refractivity contribution < 1.29 is 14.3 Å². The first-order valence-corrected chi connectivity index (χ1v) is 8.59. The summed E-state index contributed by atoms with van der Waals surface area (Å²) in [5.41, 5.74) is 1.87.